The van der Waals surface area contributed by atoms with E-state index in [1.54, 1.807) is 24.3 Å². The van der Waals surface area contributed by atoms with Crippen molar-refractivity contribution < 1.29 is 22.7 Å². The number of hydrogen-bond donors (Lipinski definition) is 0. The molecule has 0 aromatic heterocycles. The molecule has 1 aromatic rings. The Morgan fingerprint density at radius 3 is 2.29 bits per heavy atom. The summed E-state index contributed by atoms with van der Waals surface area (Å²) in [7, 11) is -3.42. The number of carbonyl (C=O) groups excluding carboxylic acids is 2. The Kier molecular flexibility index (Phi) is 6.51. The summed E-state index contributed by atoms with van der Waals surface area (Å²) in [6.45, 7) is 2.30. The normalized spacial score (nSPS) is 15.9. The van der Waals surface area contributed by atoms with E-state index in [0.29, 0.717) is 19.5 Å². The summed E-state index contributed by atoms with van der Waals surface area (Å²) < 4.78 is 31.4. The third kappa shape index (κ3) is 5.14. The number of piperidine rings is 1. The molecule has 0 saturated carbocycles. The molecule has 1 heterocycles. The van der Waals surface area contributed by atoms with Gasteiger partial charge in [-0.15, -0.1) is 0 Å². The highest BCUT2D eigenvalue weighted by molar-refractivity contribution is 7.89. The summed E-state index contributed by atoms with van der Waals surface area (Å²) in [5.74, 6) is -0.633. The van der Waals surface area contributed by atoms with E-state index in [4.69, 9.17) is 4.74 Å². The van der Waals surface area contributed by atoms with Crippen LogP contribution in [0.3, 0.4) is 0 Å². The van der Waals surface area contributed by atoms with Gasteiger partial charge >= 0.3 is 5.97 Å². The number of aryl methyl sites for hydroxylation is 1. The van der Waals surface area contributed by atoms with Gasteiger partial charge in [-0.2, -0.15) is 4.31 Å². The zero-order valence-electron chi connectivity index (χ0n) is 13.9. The smallest absolute Gasteiger partial charge is 0.306 e. The molecule has 7 heteroatoms. The second-order valence-electron chi connectivity index (χ2n) is 5.97. The molecule has 24 heavy (non-hydrogen) atoms. The molecule has 0 amide bonds. The summed E-state index contributed by atoms with van der Waals surface area (Å²) in [5, 5.41) is 0. The summed E-state index contributed by atoms with van der Waals surface area (Å²) in [6.07, 6.45) is 3.48. The van der Waals surface area contributed by atoms with Gasteiger partial charge in [0, 0.05) is 19.5 Å². The standard InChI is InChI=1S/C17H23NO5S/c1-14(19)13-23-17(20)10-7-15-5-8-16(9-6-15)24(21,22)18-11-3-2-4-12-18/h5-6,8-9H,2-4,7,10-13H2,1H3. The van der Waals surface area contributed by atoms with Crippen molar-refractivity contribution >= 4 is 21.8 Å². The van der Waals surface area contributed by atoms with Gasteiger partial charge in [-0.05, 0) is 43.9 Å². The topological polar surface area (TPSA) is 80.8 Å². The van der Waals surface area contributed by atoms with E-state index in [0.717, 1.165) is 24.8 Å². The van der Waals surface area contributed by atoms with Crippen LogP contribution in [0.2, 0.25) is 0 Å². The van der Waals surface area contributed by atoms with Gasteiger partial charge in [0.05, 0.1) is 4.90 Å². The molecule has 132 valence electrons. The lowest BCUT2D eigenvalue weighted by atomic mass is 10.1. The van der Waals surface area contributed by atoms with E-state index in [9.17, 15) is 18.0 Å². The Morgan fingerprint density at radius 2 is 1.71 bits per heavy atom. The molecule has 1 saturated heterocycles. The summed E-state index contributed by atoms with van der Waals surface area (Å²) >= 11 is 0. The summed E-state index contributed by atoms with van der Waals surface area (Å²) in [5.41, 5.74) is 0.854. The second kappa shape index (κ2) is 8.39. The van der Waals surface area contributed by atoms with Gasteiger partial charge in [-0.25, -0.2) is 8.42 Å². The highest BCUT2D eigenvalue weighted by Crippen LogP contribution is 2.21. The van der Waals surface area contributed by atoms with Crippen molar-refractivity contribution in [2.75, 3.05) is 19.7 Å². The molecule has 2 rings (SSSR count). The van der Waals surface area contributed by atoms with Gasteiger partial charge in [0.2, 0.25) is 10.0 Å². The zero-order valence-corrected chi connectivity index (χ0v) is 14.7. The quantitative estimate of drug-likeness (QED) is 0.700. The lowest BCUT2D eigenvalue weighted by Crippen LogP contribution is -2.35. The fourth-order valence-electron chi connectivity index (χ4n) is 2.58. The molecular formula is C17H23NO5S. The Bertz CT molecular complexity index is 675. The first-order valence-corrected chi connectivity index (χ1v) is 9.58. The first-order valence-electron chi connectivity index (χ1n) is 8.14. The van der Waals surface area contributed by atoms with Crippen molar-refractivity contribution in [3.63, 3.8) is 0 Å². The van der Waals surface area contributed by atoms with Crippen LogP contribution < -0.4 is 0 Å². The fourth-order valence-corrected chi connectivity index (χ4v) is 4.10. The van der Waals surface area contributed by atoms with Crippen LogP contribution in [0.1, 0.15) is 38.2 Å². The average Bonchev–Trinajstić information content (AvgIpc) is 2.59. The number of nitrogens with zero attached hydrogens (tertiary/aromatic N) is 1. The maximum Gasteiger partial charge on any atom is 0.306 e. The maximum absolute atomic E-state index is 12.5. The predicted molar refractivity (Wildman–Crippen MR) is 89.0 cm³/mol. The molecule has 1 aliphatic rings. The van der Waals surface area contributed by atoms with E-state index >= 15 is 0 Å². The Balaban J connectivity index is 1.92. The highest BCUT2D eigenvalue weighted by atomic mass is 32.2. The molecule has 0 radical (unpaired) electrons. The van der Waals surface area contributed by atoms with E-state index in [1.807, 2.05) is 0 Å². The molecule has 0 N–H and O–H groups in total. The highest BCUT2D eigenvalue weighted by Gasteiger charge is 2.25. The molecule has 6 nitrogen and oxygen atoms in total. The summed E-state index contributed by atoms with van der Waals surface area (Å²) in [6, 6.07) is 6.60. The monoisotopic (exact) mass is 353 g/mol. The van der Waals surface area contributed by atoms with E-state index in [2.05, 4.69) is 0 Å². The van der Waals surface area contributed by atoms with Crippen LogP contribution in [-0.4, -0.2) is 44.2 Å². The maximum atomic E-state index is 12.5. The minimum atomic E-state index is -3.42. The number of benzene rings is 1. The van der Waals surface area contributed by atoms with Crippen molar-refractivity contribution in [3.8, 4) is 0 Å². The second-order valence-corrected chi connectivity index (χ2v) is 7.91. The molecular weight excluding hydrogens is 330 g/mol. The molecule has 0 atom stereocenters. The van der Waals surface area contributed by atoms with Gasteiger partial charge in [-0.1, -0.05) is 18.6 Å². The number of ketones is 1. The number of sulfonamides is 1. The van der Waals surface area contributed by atoms with E-state index < -0.39 is 16.0 Å². The number of rotatable bonds is 7. The largest absolute Gasteiger partial charge is 0.458 e. The summed E-state index contributed by atoms with van der Waals surface area (Å²) in [4.78, 5) is 22.5. The van der Waals surface area contributed by atoms with Gasteiger partial charge in [0.15, 0.2) is 5.78 Å². The minimum absolute atomic E-state index is 0.158. The Morgan fingerprint density at radius 1 is 1.08 bits per heavy atom. The third-order valence-corrected chi connectivity index (χ3v) is 5.84. The third-order valence-electron chi connectivity index (χ3n) is 3.93. The van der Waals surface area contributed by atoms with Crippen LogP contribution in [0.15, 0.2) is 29.2 Å². The van der Waals surface area contributed by atoms with Crippen molar-refractivity contribution in [3.05, 3.63) is 29.8 Å². The molecule has 0 aliphatic carbocycles. The van der Waals surface area contributed by atoms with Crippen LogP contribution >= 0.6 is 0 Å². The number of Topliss-reactive ketones (excluding diaryl/α,β-unsaturated/α-hetero) is 1. The van der Waals surface area contributed by atoms with Gasteiger partial charge < -0.3 is 4.74 Å². The molecule has 1 fully saturated rings. The Hall–Kier alpha value is -1.73. The number of ether oxygens (including phenoxy) is 1. The van der Waals surface area contributed by atoms with E-state index in [1.165, 1.54) is 11.2 Å². The minimum Gasteiger partial charge on any atom is -0.458 e. The fraction of sp³-hybridized carbons (Fsp3) is 0.529. The van der Waals surface area contributed by atoms with Crippen molar-refractivity contribution in [1.82, 2.24) is 4.31 Å². The van der Waals surface area contributed by atoms with Crippen molar-refractivity contribution in [2.45, 2.75) is 43.9 Å². The number of carbonyl (C=O) groups is 2. The molecule has 0 spiro atoms. The first kappa shape index (κ1) is 18.6. The molecule has 0 bridgehead atoms. The van der Waals surface area contributed by atoms with Crippen LogP contribution in [0.4, 0.5) is 0 Å². The molecule has 1 aliphatic heterocycles. The Labute approximate surface area is 142 Å². The predicted octanol–water partition coefficient (Wildman–Crippen LogP) is 1.93. The zero-order chi connectivity index (χ0) is 17.6. The van der Waals surface area contributed by atoms with Gasteiger partial charge in [0.1, 0.15) is 6.61 Å². The van der Waals surface area contributed by atoms with Gasteiger partial charge in [-0.3, -0.25) is 9.59 Å². The molecule has 0 unspecified atom stereocenters. The SMILES string of the molecule is CC(=O)COC(=O)CCc1ccc(S(=O)(=O)N2CCCCC2)cc1. The van der Waals surface area contributed by atoms with Crippen LogP contribution in [0.25, 0.3) is 0 Å². The van der Waals surface area contributed by atoms with Crippen LogP contribution in [-0.2, 0) is 30.8 Å². The number of esters is 1. The van der Waals surface area contributed by atoms with Crippen molar-refractivity contribution in [1.29, 1.82) is 0 Å². The van der Waals surface area contributed by atoms with E-state index in [-0.39, 0.29) is 23.7 Å². The van der Waals surface area contributed by atoms with Crippen LogP contribution in [0, 0.1) is 0 Å². The lowest BCUT2D eigenvalue weighted by Gasteiger charge is -2.25. The average molecular weight is 353 g/mol. The number of hydrogen-bond acceptors (Lipinski definition) is 5. The van der Waals surface area contributed by atoms with Crippen molar-refractivity contribution in [2.24, 2.45) is 0 Å². The lowest BCUT2D eigenvalue weighted by molar-refractivity contribution is -0.147. The first-order chi connectivity index (χ1) is 11.4. The molecule has 1 aromatic carbocycles. The van der Waals surface area contributed by atoms with Crippen LogP contribution in [0.5, 0.6) is 0 Å². The van der Waals surface area contributed by atoms with Gasteiger partial charge in [0.25, 0.3) is 0 Å².